The fourth-order valence-corrected chi connectivity index (χ4v) is 1.98. The Hall–Kier alpha value is -2.92. The molecule has 0 aliphatic rings. The molecule has 2 rings (SSSR count). The van der Waals surface area contributed by atoms with Crippen molar-refractivity contribution in [2.24, 2.45) is 0 Å². The standard InChI is InChI=1S/2C10H12O2.C2H6O/c2*1-3-4-8-5-6-9(11)10(7-8)12-2;1-3-2/h2*3-7,11H,1-2H3;1-2H3/b4-3+;4-3-;. The van der Waals surface area contributed by atoms with Crippen molar-refractivity contribution in [3.63, 3.8) is 0 Å². The second-order valence-corrected chi connectivity index (χ2v) is 5.27. The first kappa shape index (κ1) is 24.1. The van der Waals surface area contributed by atoms with Crippen molar-refractivity contribution in [1.82, 2.24) is 0 Å². The van der Waals surface area contributed by atoms with E-state index in [-0.39, 0.29) is 11.5 Å². The molecule has 0 amide bonds. The number of methoxy groups -OCH3 is 3. The molecular weight excluding hydrogens is 344 g/mol. The number of phenolic OH excluding ortho intramolecular Hbond substituents is 2. The molecule has 0 heterocycles. The molecule has 2 aromatic carbocycles. The molecule has 5 heteroatoms. The molecule has 0 aromatic heterocycles. The number of benzene rings is 2. The maximum atomic E-state index is 9.25. The maximum absolute atomic E-state index is 9.25. The van der Waals surface area contributed by atoms with Crippen molar-refractivity contribution < 1.29 is 24.4 Å². The summed E-state index contributed by atoms with van der Waals surface area (Å²) in [4.78, 5) is 0. The van der Waals surface area contributed by atoms with Crippen molar-refractivity contribution >= 4 is 12.2 Å². The number of phenols is 2. The topological polar surface area (TPSA) is 68.2 Å². The minimum absolute atomic E-state index is 0.172. The van der Waals surface area contributed by atoms with Gasteiger partial charge in [0, 0.05) is 14.2 Å². The van der Waals surface area contributed by atoms with Gasteiger partial charge in [-0.1, -0.05) is 36.4 Å². The lowest BCUT2D eigenvalue weighted by molar-refractivity contribution is 0.277. The fourth-order valence-electron chi connectivity index (χ4n) is 1.98. The van der Waals surface area contributed by atoms with Crippen LogP contribution in [0.25, 0.3) is 12.2 Å². The van der Waals surface area contributed by atoms with E-state index in [1.807, 2.05) is 50.3 Å². The van der Waals surface area contributed by atoms with Crippen LogP contribution < -0.4 is 9.47 Å². The quantitative estimate of drug-likeness (QED) is 0.776. The minimum atomic E-state index is 0.172. The Morgan fingerprint density at radius 3 is 1.26 bits per heavy atom. The number of hydrogen-bond donors (Lipinski definition) is 2. The zero-order valence-electron chi connectivity index (χ0n) is 16.9. The zero-order valence-corrected chi connectivity index (χ0v) is 16.9. The summed E-state index contributed by atoms with van der Waals surface area (Å²) in [5.74, 6) is 1.35. The van der Waals surface area contributed by atoms with Crippen LogP contribution in [0.4, 0.5) is 0 Å². The second kappa shape index (κ2) is 14.3. The average Bonchev–Trinajstić information content (AvgIpc) is 2.66. The Balaban J connectivity index is 0.000000438. The van der Waals surface area contributed by atoms with Gasteiger partial charge in [0.1, 0.15) is 0 Å². The molecule has 0 unspecified atom stereocenters. The summed E-state index contributed by atoms with van der Waals surface area (Å²) in [7, 11) is 6.32. The normalized spacial score (nSPS) is 10.0. The molecule has 5 nitrogen and oxygen atoms in total. The van der Waals surface area contributed by atoms with Gasteiger partial charge in [0.25, 0.3) is 0 Å². The van der Waals surface area contributed by atoms with Gasteiger partial charge in [0.05, 0.1) is 14.2 Å². The Bertz CT molecular complexity index is 659. The van der Waals surface area contributed by atoms with Crippen molar-refractivity contribution in [3.8, 4) is 23.0 Å². The summed E-state index contributed by atoms with van der Waals surface area (Å²) in [6.45, 7) is 3.89. The molecule has 2 aromatic rings. The monoisotopic (exact) mass is 374 g/mol. The van der Waals surface area contributed by atoms with E-state index >= 15 is 0 Å². The van der Waals surface area contributed by atoms with Gasteiger partial charge in [0.15, 0.2) is 23.0 Å². The molecule has 0 spiro atoms. The number of rotatable bonds is 4. The highest BCUT2D eigenvalue weighted by Crippen LogP contribution is 2.27. The summed E-state index contributed by atoms with van der Waals surface area (Å²) in [6, 6.07) is 10.5. The van der Waals surface area contributed by atoms with Gasteiger partial charge in [-0.2, -0.15) is 0 Å². The van der Waals surface area contributed by atoms with E-state index in [2.05, 4.69) is 4.74 Å². The number of allylic oxidation sites excluding steroid dienone is 2. The van der Waals surface area contributed by atoms with E-state index in [9.17, 15) is 10.2 Å². The Morgan fingerprint density at radius 2 is 1.00 bits per heavy atom. The summed E-state index contributed by atoms with van der Waals surface area (Å²) in [6.07, 6.45) is 7.77. The van der Waals surface area contributed by atoms with Gasteiger partial charge < -0.3 is 24.4 Å². The van der Waals surface area contributed by atoms with Crippen LogP contribution in [-0.2, 0) is 4.74 Å². The molecule has 0 saturated heterocycles. The molecule has 0 fully saturated rings. The van der Waals surface area contributed by atoms with E-state index in [1.54, 1.807) is 38.5 Å². The number of ether oxygens (including phenoxy) is 3. The lowest BCUT2D eigenvalue weighted by atomic mass is 10.2. The predicted molar refractivity (Wildman–Crippen MR) is 112 cm³/mol. The van der Waals surface area contributed by atoms with Gasteiger partial charge >= 0.3 is 0 Å². The van der Waals surface area contributed by atoms with Crippen LogP contribution in [0.1, 0.15) is 25.0 Å². The first-order valence-corrected chi connectivity index (χ1v) is 8.36. The van der Waals surface area contributed by atoms with Gasteiger partial charge in [-0.05, 0) is 49.2 Å². The van der Waals surface area contributed by atoms with Crippen LogP contribution in [0.15, 0.2) is 48.6 Å². The lowest BCUT2D eigenvalue weighted by Gasteiger charge is -2.03. The third kappa shape index (κ3) is 9.37. The zero-order chi connectivity index (χ0) is 20.7. The van der Waals surface area contributed by atoms with Gasteiger partial charge in [-0.15, -0.1) is 0 Å². The highest BCUT2D eigenvalue weighted by Gasteiger charge is 2.00. The van der Waals surface area contributed by atoms with E-state index in [1.165, 1.54) is 14.2 Å². The van der Waals surface area contributed by atoms with Crippen molar-refractivity contribution in [2.75, 3.05) is 28.4 Å². The summed E-state index contributed by atoms with van der Waals surface area (Å²) >= 11 is 0. The summed E-state index contributed by atoms with van der Waals surface area (Å²) < 4.78 is 14.1. The Kier molecular flexibility index (Phi) is 12.7. The second-order valence-electron chi connectivity index (χ2n) is 5.27. The van der Waals surface area contributed by atoms with E-state index in [0.717, 1.165) is 11.1 Å². The summed E-state index contributed by atoms with van der Waals surface area (Å²) in [5.41, 5.74) is 2.04. The van der Waals surface area contributed by atoms with Crippen LogP contribution in [0, 0.1) is 0 Å². The molecular formula is C22H30O5. The molecule has 2 N–H and O–H groups in total. The molecule has 148 valence electrons. The van der Waals surface area contributed by atoms with Crippen LogP contribution in [0.3, 0.4) is 0 Å². The van der Waals surface area contributed by atoms with Crippen LogP contribution in [-0.4, -0.2) is 38.7 Å². The number of hydrogen-bond acceptors (Lipinski definition) is 5. The third-order valence-electron chi connectivity index (χ3n) is 3.13. The van der Waals surface area contributed by atoms with E-state index < -0.39 is 0 Å². The van der Waals surface area contributed by atoms with Gasteiger partial charge in [-0.25, -0.2) is 0 Å². The van der Waals surface area contributed by atoms with Gasteiger partial charge in [0.2, 0.25) is 0 Å². The van der Waals surface area contributed by atoms with Crippen LogP contribution in [0.5, 0.6) is 23.0 Å². The highest BCUT2D eigenvalue weighted by atomic mass is 16.5. The molecule has 0 aliphatic heterocycles. The number of aromatic hydroxyl groups is 2. The van der Waals surface area contributed by atoms with Crippen LogP contribution in [0.2, 0.25) is 0 Å². The largest absolute Gasteiger partial charge is 0.504 e. The molecule has 0 radical (unpaired) electrons. The predicted octanol–water partition coefficient (Wildman–Crippen LogP) is 5.13. The Morgan fingerprint density at radius 1 is 0.667 bits per heavy atom. The minimum Gasteiger partial charge on any atom is -0.504 e. The first-order chi connectivity index (χ1) is 13.0. The van der Waals surface area contributed by atoms with E-state index in [0.29, 0.717) is 11.5 Å². The lowest BCUT2D eigenvalue weighted by Crippen LogP contribution is -1.83. The molecule has 0 bridgehead atoms. The van der Waals surface area contributed by atoms with E-state index in [4.69, 9.17) is 9.47 Å². The third-order valence-corrected chi connectivity index (χ3v) is 3.13. The van der Waals surface area contributed by atoms with Gasteiger partial charge in [-0.3, -0.25) is 0 Å². The maximum Gasteiger partial charge on any atom is 0.161 e. The van der Waals surface area contributed by atoms with Crippen molar-refractivity contribution in [3.05, 3.63) is 59.7 Å². The first-order valence-electron chi connectivity index (χ1n) is 8.36. The smallest absolute Gasteiger partial charge is 0.161 e. The highest BCUT2D eigenvalue weighted by molar-refractivity contribution is 5.56. The van der Waals surface area contributed by atoms with Crippen molar-refractivity contribution in [2.45, 2.75) is 13.8 Å². The molecule has 0 aliphatic carbocycles. The molecule has 0 saturated carbocycles. The molecule has 27 heavy (non-hydrogen) atoms. The Labute approximate surface area is 162 Å². The fraction of sp³-hybridized carbons (Fsp3) is 0.273. The van der Waals surface area contributed by atoms with Crippen LogP contribution >= 0.6 is 0 Å². The SMILES string of the molecule is C/C=C/c1ccc(O)c(OC)c1.C/C=C\c1ccc(O)c(OC)c1.COC. The average molecular weight is 374 g/mol. The van der Waals surface area contributed by atoms with Crippen molar-refractivity contribution in [1.29, 1.82) is 0 Å². The molecule has 0 atom stereocenters. The summed E-state index contributed by atoms with van der Waals surface area (Å²) in [5, 5.41) is 18.5.